The molecule has 4 rings (SSSR count). The highest BCUT2D eigenvalue weighted by atomic mass is 16.6. The average molecular weight is 506 g/mol. The second-order valence-electron chi connectivity index (χ2n) is 10.1. The van der Waals surface area contributed by atoms with E-state index in [1.54, 1.807) is 19.1 Å². The van der Waals surface area contributed by atoms with Gasteiger partial charge in [0.2, 0.25) is 5.91 Å². The number of anilines is 2. The van der Waals surface area contributed by atoms with Gasteiger partial charge in [0.15, 0.2) is 0 Å². The minimum Gasteiger partial charge on any atom is -0.382 e. The van der Waals surface area contributed by atoms with Crippen LogP contribution in [0.5, 0.6) is 0 Å². The van der Waals surface area contributed by atoms with Gasteiger partial charge in [-0.3, -0.25) is 14.9 Å². The van der Waals surface area contributed by atoms with Crippen molar-refractivity contribution in [3.05, 3.63) is 63.2 Å². The zero-order chi connectivity index (χ0) is 26.4. The highest BCUT2D eigenvalue weighted by molar-refractivity contribution is 5.77. The van der Waals surface area contributed by atoms with E-state index in [-0.39, 0.29) is 35.3 Å². The first-order chi connectivity index (χ1) is 17.8. The number of benzene rings is 2. The summed E-state index contributed by atoms with van der Waals surface area (Å²) < 4.78 is 5.93. The quantitative estimate of drug-likeness (QED) is 0.397. The fourth-order valence-corrected chi connectivity index (χ4v) is 5.27. The summed E-state index contributed by atoms with van der Waals surface area (Å²) in [5.74, 6) is -0.0714. The first-order valence-corrected chi connectivity index (χ1v) is 13.0. The summed E-state index contributed by atoms with van der Waals surface area (Å²) in [5, 5.41) is 26.8. The van der Waals surface area contributed by atoms with Crippen LogP contribution < -0.4 is 15.5 Å². The number of carbonyl (C=O) groups excluding carboxylic acids is 1. The van der Waals surface area contributed by atoms with Gasteiger partial charge in [-0.1, -0.05) is 0 Å². The molecule has 9 heteroatoms. The van der Waals surface area contributed by atoms with E-state index in [2.05, 4.69) is 21.6 Å². The molecule has 2 aromatic carbocycles. The molecule has 1 saturated heterocycles. The Morgan fingerprint density at radius 3 is 2.41 bits per heavy atom. The largest absolute Gasteiger partial charge is 0.382 e. The number of nitrogens with zero attached hydrogens (tertiary/aromatic N) is 3. The molecule has 1 aliphatic heterocycles. The number of nitriles is 1. The summed E-state index contributed by atoms with van der Waals surface area (Å²) in [5.41, 5.74) is 4.49. The van der Waals surface area contributed by atoms with Gasteiger partial charge >= 0.3 is 0 Å². The van der Waals surface area contributed by atoms with Crippen LogP contribution in [0.1, 0.15) is 55.2 Å². The molecule has 2 fully saturated rings. The molecule has 0 atom stereocenters. The number of rotatable bonds is 8. The van der Waals surface area contributed by atoms with Crippen LogP contribution in [0.15, 0.2) is 36.4 Å². The normalized spacial score (nSPS) is 20.2. The van der Waals surface area contributed by atoms with Crippen molar-refractivity contribution < 1.29 is 14.5 Å². The van der Waals surface area contributed by atoms with Gasteiger partial charge in [-0.15, -0.1) is 0 Å². The number of amides is 1. The highest BCUT2D eigenvalue weighted by Crippen LogP contribution is 2.27. The zero-order valence-electron chi connectivity index (χ0n) is 21.5. The molecule has 1 aliphatic carbocycles. The van der Waals surface area contributed by atoms with Gasteiger partial charge in [-0.2, -0.15) is 5.26 Å². The third kappa shape index (κ3) is 6.98. The lowest BCUT2D eigenvalue weighted by Crippen LogP contribution is -2.46. The molecule has 0 aromatic heterocycles. The van der Waals surface area contributed by atoms with Crippen molar-refractivity contribution in [3.63, 3.8) is 0 Å². The molecule has 9 nitrogen and oxygen atoms in total. The van der Waals surface area contributed by atoms with Crippen LogP contribution in [0.25, 0.3) is 0 Å². The average Bonchev–Trinajstić information content (AvgIpc) is 2.88. The Balaban J connectivity index is 1.14. The minimum atomic E-state index is -0.357. The van der Waals surface area contributed by atoms with Crippen molar-refractivity contribution in [2.45, 2.75) is 70.6 Å². The molecule has 2 aliphatic rings. The van der Waals surface area contributed by atoms with Gasteiger partial charge in [-0.25, -0.2) is 0 Å². The van der Waals surface area contributed by atoms with Gasteiger partial charge in [-0.05, 0) is 88.3 Å². The Hall–Kier alpha value is -3.64. The molecule has 1 heterocycles. The summed E-state index contributed by atoms with van der Waals surface area (Å²) >= 11 is 0. The molecule has 1 saturated carbocycles. The molecule has 37 heavy (non-hydrogen) atoms. The maximum Gasteiger partial charge on any atom is 0.272 e. The zero-order valence-corrected chi connectivity index (χ0v) is 21.5. The smallest absolute Gasteiger partial charge is 0.272 e. The van der Waals surface area contributed by atoms with E-state index in [4.69, 9.17) is 10.00 Å². The SMILES string of the molecule is Cc1cc(NC2CCC(OCC(=O)NC3CCN(c4ccc([N+](=O)[O-])c(C)c4)CC3)CC2)ccc1C#N. The summed E-state index contributed by atoms with van der Waals surface area (Å²) in [4.78, 5) is 25.4. The molecule has 196 valence electrons. The molecule has 2 aromatic rings. The van der Waals surface area contributed by atoms with Gasteiger partial charge in [0.05, 0.1) is 22.7 Å². The van der Waals surface area contributed by atoms with Gasteiger partial charge in [0.1, 0.15) is 6.61 Å². The Labute approximate surface area is 217 Å². The third-order valence-corrected chi connectivity index (χ3v) is 7.44. The standard InChI is InChI=1S/C28H35N5O4/c1-19-15-24(4-3-21(19)17-29)30-22-5-8-26(9-6-22)37-18-28(34)31-23-11-13-32(14-12-23)25-7-10-27(33(35)36)20(2)16-25/h3-4,7,10,15-16,22-23,26,30H,5-6,8-9,11-14,18H2,1-2H3,(H,31,34). The van der Waals surface area contributed by atoms with Crippen molar-refractivity contribution in [3.8, 4) is 6.07 Å². The lowest BCUT2D eigenvalue weighted by Gasteiger charge is -2.34. The van der Waals surface area contributed by atoms with Gasteiger partial charge in [0.25, 0.3) is 5.69 Å². The van der Waals surface area contributed by atoms with E-state index >= 15 is 0 Å². The maximum absolute atomic E-state index is 12.5. The van der Waals surface area contributed by atoms with E-state index in [0.717, 1.165) is 68.6 Å². The second kappa shape index (κ2) is 12.1. The molecule has 2 N–H and O–H groups in total. The number of hydrogen-bond donors (Lipinski definition) is 2. The number of nitrogens with one attached hydrogen (secondary N) is 2. The molecule has 0 bridgehead atoms. The number of piperidine rings is 1. The Bertz CT molecular complexity index is 1160. The van der Waals surface area contributed by atoms with Crippen molar-refractivity contribution in [2.75, 3.05) is 29.9 Å². The summed E-state index contributed by atoms with van der Waals surface area (Å²) in [6, 6.07) is 13.7. The summed E-state index contributed by atoms with van der Waals surface area (Å²) in [7, 11) is 0. The minimum absolute atomic E-state index is 0.0714. The fourth-order valence-electron chi connectivity index (χ4n) is 5.27. The number of hydrogen-bond acceptors (Lipinski definition) is 7. The number of ether oxygens (including phenoxy) is 1. The van der Waals surface area contributed by atoms with Crippen LogP contribution in [0, 0.1) is 35.3 Å². The van der Waals surface area contributed by atoms with Crippen LogP contribution in [0.3, 0.4) is 0 Å². The lowest BCUT2D eigenvalue weighted by atomic mass is 9.92. The van der Waals surface area contributed by atoms with Crippen LogP contribution in [0.2, 0.25) is 0 Å². The molecule has 0 unspecified atom stereocenters. The Morgan fingerprint density at radius 1 is 1.05 bits per heavy atom. The number of carbonyl (C=O) groups is 1. The van der Waals surface area contributed by atoms with E-state index < -0.39 is 0 Å². The van der Waals surface area contributed by atoms with Crippen LogP contribution in [-0.4, -0.2) is 48.7 Å². The van der Waals surface area contributed by atoms with Crippen LogP contribution in [0.4, 0.5) is 17.1 Å². The lowest BCUT2D eigenvalue weighted by molar-refractivity contribution is -0.385. The van der Waals surface area contributed by atoms with E-state index in [1.807, 2.05) is 31.2 Å². The third-order valence-electron chi connectivity index (χ3n) is 7.44. The van der Waals surface area contributed by atoms with Gasteiger partial charge in [0, 0.05) is 48.2 Å². The molecule has 0 radical (unpaired) electrons. The first kappa shape index (κ1) is 26.4. The fraction of sp³-hybridized carbons (Fsp3) is 0.500. The summed E-state index contributed by atoms with van der Waals surface area (Å²) in [6.45, 7) is 5.37. The van der Waals surface area contributed by atoms with Crippen molar-refractivity contribution >= 4 is 23.0 Å². The van der Waals surface area contributed by atoms with Crippen molar-refractivity contribution in [1.29, 1.82) is 5.26 Å². The van der Waals surface area contributed by atoms with Crippen LogP contribution in [-0.2, 0) is 9.53 Å². The topological polar surface area (TPSA) is 121 Å². The van der Waals surface area contributed by atoms with E-state index in [0.29, 0.717) is 17.2 Å². The van der Waals surface area contributed by atoms with Gasteiger partial charge < -0.3 is 20.3 Å². The maximum atomic E-state index is 12.5. The Kier molecular flexibility index (Phi) is 8.62. The summed E-state index contributed by atoms with van der Waals surface area (Å²) in [6.07, 6.45) is 5.53. The van der Waals surface area contributed by atoms with Crippen molar-refractivity contribution in [2.24, 2.45) is 0 Å². The van der Waals surface area contributed by atoms with E-state index in [9.17, 15) is 14.9 Å². The number of nitro groups is 1. The molecule has 0 spiro atoms. The molecule has 1 amide bonds. The highest BCUT2D eigenvalue weighted by Gasteiger charge is 2.25. The predicted octanol–water partition coefficient (Wildman–Crippen LogP) is 4.61. The second-order valence-corrected chi connectivity index (χ2v) is 10.1. The van der Waals surface area contributed by atoms with Crippen molar-refractivity contribution in [1.82, 2.24) is 5.32 Å². The predicted molar refractivity (Wildman–Crippen MR) is 143 cm³/mol. The Morgan fingerprint density at radius 2 is 1.78 bits per heavy atom. The molecular weight excluding hydrogens is 470 g/mol. The first-order valence-electron chi connectivity index (χ1n) is 13.0. The number of nitro benzene ring substituents is 1. The monoisotopic (exact) mass is 505 g/mol. The number of aryl methyl sites for hydroxylation is 2. The van der Waals surface area contributed by atoms with E-state index in [1.165, 1.54) is 0 Å². The van der Waals surface area contributed by atoms with Crippen LogP contribution >= 0.6 is 0 Å². The molecular formula is C28H35N5O4.